The van der Waals surface area contributed by atoms with Gasteiger partial charge in [-0.1, -0.05) is 18.2 Å². The van der Waals surface area contributed by atoms with Gasteiger partial charge in [-0.2, -0.15) is 0 Å². The van der Waals surface area contributed by atoms with E-state index in [1.165, 1.54) is 12.1 Å². The Morgan fingerprint density at radius 3 is 2.24 bits per heavy atom. The molecular formula is C20H13NO8. The number of carbonyl (C=O) groups excluding carboxylic acids is 2. The van der Waals surface area contributed by atoms with Crippen LogP contribution in [0.4, 0.5) is 0 Å². The van der Waals surface area contributed by atoms with Crippen LogP contribution in [-0.4, -0.2) is 44.2 Å². The number of hydrogen-bond acceptors (Lipinski definition) is 7. The molecule has 1 aliphatic heterocycles. The third kappa shape index (κ3) is 3.61. The topological polar surface area (TPSA) is 151 Å². The lowest BCUT2D eigenvalue weighted by atomic mass is 10.1. The maximum absolute atomic E-state index is 11.0. The Labute approximate surface area is 162 Å². The fourth-order valence-electron chi connectivity index (χ4n) is 2.76. The number of aromatic carboxylic acids is 2. The number of aromatic nitrogens is 1. The van der Waals surface area contributed by atoms with Crippen LogP contribution in [0.1, 0.15) is 47.1 Å². The van der Waals surface area contributed by atoms with Crippen LogP contribution >= 0.6 is 0 Å². The van der Waals surface area contributed by atoms with Crippen molar-refractivity contribution in [1.29, 1.82) is 0 Å². The molecule has 1 aliphatic rings. The minimum Gasteiger partial charge on any atom is -0.505 e. The molecule has 0 fully saturated rings. The molecule has 0 saturated heterocycles. The van der Waals surface area contributed by atoms with Crippen LogP contribution in [0, 0.1) is 6.92 Å². The summed E-state index contributed by atoms with van der Waals surface area (Å²) >= 11 is 0. The third-order valence-corrected chi connectivity index (χ3v) is 4.15. The van der Waals surface area contributed by atoms with Gasteiger partial charge in [-0.3, -0.25) is 0 Å². The number of carbonyl (C=O) groups is 4. The fraction of sp³-hybridized carbons (Fsp3) is 0.0500. The molecular weight excluding hydrogens is 382 g/mol. The van der Waals surface area contributed by atoms with E-state index in [1.807, 2.05) is 0 Å². The average Bonchev–Trinajstić information content (AvgIpc) is 2.96. The Bertz CT molecular complexity index is 1200. The molecule has 0 radical (unpaired) electrons. The predicted octanol–water partition coefficient (Wildman–Crippen LogP) is 2.64. The molecule has 29 heavy (non-hydrogen) atoms. The summed E-state index contributed by atoms with van der Waals surface area (Å²) in [4.78, 5) is 47.6. The number of carboxylic acid groups (broad SMARTS) is 2. The molecule has 2 aromatic carbocycles. The Balaban J connectivity index is 0.000000166. The second-order valence-corrected chi connectivity index (χ2v) is 5.99. The zero-order valence-corrected chi connectivity index (χ0v) is 14.9. The normalized spacial score (nSPS) is 12.0. The van der Waals surface area contributed by atoms with Crippen molar-refractivity contribution in [3.05, 3.63) is 70.4 Å². The number of pyridine rings is 1. The van der Waals surface area contributed by atoms with E-state index in [1.54, 1.807) is 31.2 Å². The maximum Gasteiger partial charge on any atom is 0.346 e. The van der Waals surface area contributed by atoms with Crippen LogP contribution in [0.25, 0.3) is 10.9 Å². The smallest absolute Gasteiger partial charge is 0.346 e. The van der Waals surface area contributed by atoms with Gasteiger partial charge in [-0.15, -0.1) is 0 Å². The first kappa shape index (κ1) is 19.5. The molecule has 0 amide bonds. The lowest BCUT2D eigenvalue weighted by molar-refractivity contribution is 0.0442. The molecule has 3 aromatic rings. The van der Waals surface area contributed by atoms with Crippen molar-refractivity contribution in [2.24, 2.45) is 0 Å². The molecule has 0 spiro atoms. The number of esters is 2. The average molecular weight is 395 g/mol. The first-order valence-electron chi connectivity index (χ1n) is 8.16. The molecule has 1 aromatic heterocycles. The van der Waals surface area contributed by atoms with E-state index in [0.717, 1.165) is 6.07 Å². The van der Waals surface area contributed by atoms with E-state index in [-0.39, 0.29) is 28.0 Å². The number of para-hydroxylation sites is 1. The first-order valence-corrected chi connectivity index (χ1v) is 8.16. The predicted molar refractivity (Wildman–Crippen MR) is 98.3 cm³/mol. The van der Waals surface area contributed by atoms with Gasteiger partial charge in [0, 0.05) is 5.39 Å². The van der Waals surface area contributed by atoms with Crippen LogP contribution in [0.15, 0.2) is 42.5 Å². The first-order chi connectivity index (χ1) is 13.7. The van der Waals surface area contributed by atoms with Crippen LogP contribution in [0.3, 0.4) is 0 Å². The maximum atomic E-state index is 11.0. The van der Waals surface area contributed by atoms with E-state index in [0.29, 0.717) is 16.6 Å². The Morgan fingerprint density at radius 1 is 0.931 bits per heavy atom. The molecule has 0 atom stereocenters. The van der Waals surface area contributed by atoms with Crippen molar-refractivity contribution in [2.75, 3.05) is 0 Å². The number of hydrogen-bond donors (Lipinski definition) is 3. The highest BCUT2D eigenvalue weighted by molar-refractivity contribution is 6.15. The van der Waals surface area contributed by atoms with Gasteiger partial charge in [0.25, 0.3) is 0 Å². The quantitative estimate of drug-likeness (QED) is 0.439. The zero-order chi connectivity index (χ0) is 21.3. The molecule has 0 unspecified atom stereocenters. The number of nitrogens with zero attached hydrogens (tertiary/aromatic N) is 1. The lowest BCUT2D eigenvalue weighted by Crippen LogP contribution is -2.01. The molecule has 2 heterocycles. The van der Waals surface area contributed by atoms with Gasteiger partial charge in [-0.05, 0) is 31.2 Å². The van der Waals surface area contributed by atoms with Gasteiger partial charge in [-0.25, -0.2) is 24.2 Å². The van der Waals surface area contributed by atoms with Crippen molar-refractivity contribution >= 4 is 34.8 Å². The summed E-state index contributed by atoms with van der Waals surface area (Å²) in [6, 6.07) is 10.5. The molecule has 4 rings (SSSR count). The second kappa shape index (κ2) is 7.39. The highest BCUT2D eigenvalue weighted by Gasteiger charge is 2.30. The van der Waals surface area contributed by atoms with E-state index in [2.05, 4.69) is 9.72 Å². The summed E-state index contributed by atoms with van der Waals surface area (Å²) in [5.41, 5.74) is 0.889. The summed E-state index contributed by atoms with van der Waals surface area (Å²) in [5.74, 6) is -4.09. The van der Waals surface area contributed by atoms with Crippen LogP contribution < -0.4 is 0 Å². The molecule has 9 nitrogen and oxygen atoms in total. The van der Waals surface area contributed by atoms with Crippen molar-refractivity contribution in [1.82, 2.24) is 4.98 Å². The van der Waals surface area contributed by atoms with E-state index in [9.17, 15) is 24.3 Å². The van der Waals surface area contributed by atoms with E-state index < -0.39 is 23.9 Å². The van der Waals surface area contributed by atoms with Gasteiger partial charge in [0.05, 0.1) is 27.9 Å². The van der Waals surface area contributed by atoms with E-state index in [4.69, 9.17) is 10.2 Å². The molecule has 146 valence electrons. The molecule has 0 aliphatic carbocycles. The highest BCUT2D eigenvalue weighted by Crippen LogP contribution is 2.28. The standard InChI is InChI=1S/C11H9NO3.C9H4O5/c1-6-10(13)9(11(14)15)7-4-2-3-5-8(7)12-6;10-7(11)4-1-2-5-6(3-4)9(13)14-8(5)12/h2-5,13H,1H3,(H,14,15);1-3H,(H,10,11). The second-order valence-electron chi connectivity index (χ2n) is 5.99. The summed E-state index contributed by atoms with van der Waals surface area (Å²) < 4.78 is 4.30. The summed E-state index contributed by atoms with van der Waals surface area (Å²) in [6.45, 7) is 1.58. The summed E-state index contributed by atoms with van der Waals surface area (Å²) in [7, 11) is 0. The van der Waals surface area contributed by atoms with Crippen molar-refractivity contribution in [3.8, 4) is 5.75 Å². The molecule has 9 heteroatoms. The molecule has 3 N–H and O–H groups in total. The Morgan fingerprint density at radius 2 is 1.59 bits per heavy atom. The van der Waals surface area contributed by atoms with Gasteiger partial charge in [0.1, 0.15) is 5.56 Å². The number of rotatable bonds is 2. The number of aromatic hydroxyl groups is 1. The van der Waals surface area contributed by atoms with Gasteiger partial charge >= 0.3 is 23.9 Å². The largest absolute Gasteiger partial charge is 0.505 e. The number of cyclic esters (lactones) is 2. The Hall–Kier alpha value is -4.27. The minimum atomic E-state index is -1.15. The van der Waals surface area contributed by atoms with Gasteiger partial charge < -0.3 is 20.1 Å². The van der Waals surface area contributed by atoms with Crippen LogP contribution in [-0.2, 0) is 4.74 Å². The van der Waals surface area contributed by atoms with Crippen LogP contribution in [0.5, 0.6) is 5.75 Å². The van der Waals surface area contributed by atoms with Crippen molar-refractivity contribution in [3.63, 3.8) is 0 Å². The molecule has 0 saturated carbocycles. The number of benzene rings is 2. The SMILES string of the molecule is Cc1nc2ccccc2c(C(=O)O)c1O.O=C(O)c1ccc2c(c1)C(=O)OC2=O. The van der Waals surface area contributed by atoms with E-state index >= 15 is 0 Å². The molecule has 0 bridgehead atoms. The lowest BCUT2D eigenvalue weighted by Gasteiger charge is -2.06. The third-order valence-electron chi connectivity index (χ3n) is 4.15. The number of fused-ring (bicyclic) bond motifs is 2. The summed E-state index contributed by atoms with van der Waals surface area (Å²) in [6.07, 6.45) is 0. The van der Waals surface area contributed by atoms with Gasteiger partial charge in [0.2, 0.25) is 0 Å². The number of ether oxygens (including phenoxy) is 1. The van der Waals surface area contributed by atoms with Gasteiger partial charge in [0.15, 0.2) is 5.75 Å². The monoisotopic (exact) mass is 395 g/mol. The highest BCUT2D eigenvalue weighted by atomic mass is 16.6. The number of carboxylic acids is 2. The fourth-order valence-corrected chi connectivity index (χ4v) is 2.76. The van der Waals surface area contributed by atoms with Crippen molar-refractivity contribution in [2.45, 2.75) is 6.92 Å². The van der Waals surface area contributed by atoms with Crippen LogP contribution in [0.2, 0.25) is 0 Å². The number of aryl methyl sites for hydroxylation is 1. The Kier molecular flexibility index (Phi) is 4.97. The minimum absolute atomic E-state index is 0.00917. The summed E-state index contributed by atoms with van der Waals surface area (Å²) in [5, 5.41) is 27.7. The zero-order valence-electron chi connectivity index (χ0n) is 14.9. The van der Waals surface area contributed by atoms with Crippen molar-refractivity contribution < 1.29 is 39.2 Å².